The number of rotatable bonds is 7. The van der Waals surface area contributed by atoms with Crippen molar-refractivity contribution < 1.29 is 14.3 Å². The Kier molecular flexibility index (Phi) is 8.95. The number of carbonyl (C=O) groups excluding carboxylic acids is 1. The van der Waals surface area contributed by atoms with Crippen molar-refractivity contribution in [2.24, 2.45) is 5.73 Å². The molecule has 1 atom stereocenters. The molecule has 0 saturated heterocycles. The first-order chi connectivity index (χ1) is 8.69. The molecule has 108 valence electrons. The molecule has 0 radical (unpaired) electrons. The first kappa shape index (κ1) is 17.7. The lowest BCUT2D eigenvalue weighted by Crippen LogP contribution is -2.31. The van der Waals surface area contributed by atoms with Gasteiger partial charge in [0.15, 0.2) is 0 Å². The summed E-state index contributed by atoms with van der Waals surface area (Å²) in [6.45, 7) is 0.806. The Morgan fingerprint density at radius 1 is 1.42 bits per heavy atom. The second-order valence-corrected chi connectivity index (χ2v) is 3.93. The second kappa shape index (κ2) is 9.61. The van der Waals surface area contributed by atoms with E-state index in [9.17, 15) is 4.79 Å². The van der Waals surface area contributed by atoms with E-state index in [1.165, 1.54) is 0 Å². The van der Waals surface area contributed by atoms with Crippen LogP contribution in [0.15, 0.2) is 24.3 Å². The molecule has 1 unspecified atom stereocenters. The van der Waals surface area contributed by atoms with Gasteiger partial charge in [-0.25, -0.2) is 0 Å². The zero-order valence-corrected chi connectivity index (χ0v) is 12.0. The van der Waals surface area contributed by atoms with Crippen LogP contribution in [0.2, 0.25) is 0 Å². The standard InChI is InChI=1S/C13H20N2O3.ClH/c1-17-11-5-3-4-10(6-11)9-15-13(16)7-12(8-14)18-2;/h3-6,12H,7-9,14H2,1-2H3,(H,15,16);1H. The topological polar surface area (TPSA) is 73.6 Å². The highest BCUT2D eigenvalue weighted by Gasteiger charge is 2.10. The molecule has 6 heteroatoms. The molecule has 0 aromatic heterocycles. The van der Waals surface area contributed by atoms with E-state index < -0.39 is 0 Å². The molecule has 0 bridgehead atoms. The van der Waals surface area contributed by atoms with E-state index in [0.717, 1.165) is 11.3 Å². The van der Waals surface area contributed by atoms with E-state index in [2.05, 4.69) is 5.32 Å². The molecule has 0 heterocycles. The molecule has 1 amide bonds. The first-order valence-electron chi connectivity index (χ1n) is 5.82. The molecule has 0 aliphatic carbocycles. The summed E-state index contributed by atoms with van der Waals surface area (Å²) in [5.41, 5.74) is 6.45. The molecule has 0 spiro atoms. The summed E-state index contributed by atoms with van der Waals surface area (Å²) in [6.07, 6.45) is 0.0482. The molecule has 5 nitrogen and oxygen atoms in total. The highest BCUT2D eigenvalue weighted by atomic mass is 35.5. The van der Waals surface area contributed by atoms with E-state index in [-0.39, 0.29) is 30.8 Å². The number of benzene rings is 1. The fraction of sp³-hybridized carbons (Fsp3) is 0.462. The summed E-state index contributed by atoms with van der Waals surface area (Å²) in [5, 5.41) is 2.82. The number of nitrogens with one attached hydrogen (secondary N) is 1. The van der Waals surface area contributed by atoms with Gasteiger partial charge in [0.2, 0.25) is 5.91 Å². The summed E-state index contributed by atoms with van der Waals surface area (Å²) in [6, 6.07) is 7.56. The number of halogens is 1. The fourth-order valence-corrected chi connectivity index (χ4v) is 1.52. The maximum Gasteiger partial charge on any atom is 0.222 e. The van der Waals surface area contributed by atoms with Crippen LogP contribution in [0.1, 0.15) is 12.0 Å². The largest absolute Gasteiger partial charge is 0.497 e. The number of amides is 1. The Labute approximate surface area is 119 Å². The second-order valence-electron chi connectivity index (χ2n) is 3.93. The molecule has 1 rings (SSSR count). The number of methoxy groups -OCH3 is 2. The van der Waals surface area contributed by atoms with Gasteiger partial charge >= 0.3 is 0 Å². The lowest BCUT2D eigenvalue weighted by Gasteiger charge is -2.12. The molecule has 19 heavy (non-hydrogen) atoms. The monoisotopic (exact) mass is 288 g/mol. The van der Waals surface area contributed by atoms with Gasteiger partial charge in [0, 0.05) is 20.2 Å². The summed E-state index contributed by atoms with van der Waals surface area (Å²) >= 11 is 0. The van der Waals surface area contributed by atoms with Gasteiger partial charge in [0.05, 0.1) is 19.6 Å². The molecule has 0 fully saturated rings. The number of nitrogens with two attached hydrogens (primary N) is 1. The van der Waals surface area contributed by atoms with Crippen molar-refractivity contribution in [3.63, 3.8) is 0 Å². The minimum Gasteiger partial charge on any atom is -0.497 e. The molecular formula is C13H21ClN2O3. The Morgan fingerprint density at radius 3 is 2.74 bits per heavy atom. The number of hydrogen-bond acceptors (Lipinski definition) is 4. The molecule has 3 N–H and O–H groups in total. The number of carbonyl (C=O) groups is 1. The van der Waals surface area contributed by atoms with Crippen LogP contribution in [0.5, 0.6) is 5.75 Å². The van der Waals surface area contributed by atoms with E-state index in [4.69, 9.17) is 15.2 Å². The van der Waals surface area contributed by atoms with Gasteiger partial charge in [0.25, 0.3) is 0 Å². The third-order valence-electron chi connectivity index (χ3n) is 2.63. The minimum atomic E-state index is -0.227. The van der Waals surface area contributed by atoms with Crippen LogP contribution in [0.4, 0.5) is 0 Å². The Morgan fingerprint density at radius 2 is 2.16 bits per heavy atom. The van der Waals surface area contributed by atoms with Crippen LogP contribution in [0.3, 0.4) is 0 Å². The van der Waals surface area contributed by atoms with E-state index in [1.807, 2.05) is 24.3 Å². The molecule has 0 aliphatic rings. The smallest absolute Gasteiger partial charge is 0.222 e. The Bertz CT molecular complexity index is 384. The first-order valence-corrected chi connectivity index (χ1v) is 5.82. The predicted molar refractivity (Wildman–Crippen MR) is 76.6 cm³/mol. The molecule has 0 aliphatic heterocycles. The maximum atomic E-state index is 11.6. The van der Waals surface area contributed by atoms with Crippen LogP contribution < -0.4 is 15.8 Å². The van der Waals surface area contributed by atoms with Crippen LogP contribution in [0.25, 0.3) is 0 Å². The average molecular weight is 289 g/mol. The van der Waals surface area contributed by atoms with Crippen molar-refractivity contribution in [3.05, 3.63) is 29.8 Å². The van der Waals surface area contributed by atoms with Gasteiger partial charge in [-0.2, -0.15) is 0 Å². The lowest BCUT2D eigenvalue weighted by molar-refractivity contribution is -0.123. The quantitative estimate of drug-likeness (QED) is 0.788. The lowest BCUT2D eigenvalue weighted by atomic mass is 10.2. The predicted octanol–water partition coefficient (Wildman–Crippen LogP) is 1.10. The number of ether oxygens (including phenoxy) is 2. The van der Waals surface area contributed by atoms with Crippen molar-refractivity contribution in [1.29, 1.82) is 0 Å². The van der Waals surface area contributed by atoms with Crippen molar-refractivity contribution in [2.75, 3.05) is 20.8 Å². The molecule has 1 aromatic carbocycles. The molecule has 1 aromatic rings. The highest BCUT2D eigenvalue weighted by Crippen LogP contribution is 2.12. The normalized spacial score (nSPS) is 11.3. The summed E-state index contributed by atoms with van der Waals surface area (Å²) in [7, 11) is 3.16. The average Bonchev–Trinajstić information content (AvgIpc) is 2.42. The molecule has 0 saturated carbocycles. The highest BCUT2D eigenvalue weighted by molar-refractivity contribution is 5.85. The van der Waals surface area contributed by atoms with Crippen molar-refractivity contribution >= 4 is 18.3 Å². The maximum absolute atomic E-state index is 11.6. The van der Waals surface area contributed by atoms with Crippen molar-refractivity contribution in [2.45, 2.75) is 19.1 Å². The third kappa shape index (κ3) is 6.42. The molecular weight excluding hydrogens is 268 g/mol. The van der Waals surface area contributed by atoms with Crippen LogP contribution in [-0.2, 0) is 16.1 Å². The summed E-state index contributed by atoms with van der Waals surface area (Å²) in [4.78, 5) is 11.6. The van der Waals surface area contributed by atoms with E-state index in [1.54, 1.807) is 14.2 Å². The van der Waals surface area contributed by atoms with Crippen LogP contribution in [0, 0.1) is 0 Å². The van der Waals surface area contributed by atoms with Crippen LogP contribution in [-0.4, -0.2) is 32.8 Å². The Balaban J connectivity index is 0.00000324. The zero-order chi connectivity index (χ0) is 13.4. The van der Waals surface area contributed by atoms with Crippen molar-refractivity contribution in [1.82, 2.24) is 5.32 Å². The summed E-state index contributed by atoms with van der Waals surface area (Å²) < 4.78 is 10.2. The van der Waals surface area contributed by atoms with Gasteiger partial charge < -0.3 is 20.5 Å². The van der Waals surface area contributed by atoms with Gasteiger partial charge in [-0.3, -0.25) is 4.79 Å². The van der Waals surface area contributed by atoms with Crippen LogP contribution >= 0.6 is 12.4 Å². The van der Waals surface area contributed by atoms with Crippen molar-refractivity contribution in [3.8, 4) is 5.75 Å². The minimum absolute atomic E-state index is 0. The number of hydrogen-bond donors (Lipinski definition) is 2. The van der Waals surface area contributed by atoms with Gasteiger partial charge in [0.1, 0.15) is 5.75 Å². The SMILES string of the molecule is COc1cccc(CNC(=O)CC(CN)OC)c1.Cl. The zero-order valence-electron chi connectivity index (χ0n) is 11.2. The third-order valence-corrected chi connectivity index (χ3v) is 2.63. The van der Waals surface area contributed by atoms with Gasteiger partial charge in [-0.15, -0.1) is 12.4 Å². The van der Waals surface area contributed by atoms with Gasteiger partial charge in [-0.1, -0.05) is 12.1 Å². The van der Waals surface area contributed by atoms with E-state index in [0.29, 0.717) is 13.1 Å². The summed E-state index contributed by atoms with van der Waals surface area (Å²) in [5.74, 6) is 0.702. The van der Waals surface area contributed by atoms with Gasteiger partial charge in [-0.05, 0) is 17.7 Å². The fourth-order valence-electron chi connectivity index (χ4n) is 1.52. The van der Waals surface area contributed by atoms with E-state index >= 15 is 0 Å². The Hall–Kier alpha value is -1.30.